The van der Waals surface area contributed by atoms with Crippen LogP contribution in [0.15, 0.2) is 12.1 Å². The van der Waals surface area contributed by atoms with Crippen LogP contribution < -0.4 is 4.74 Å². The summed E-state index contributed by atoms with van der Waals surface area (Å²) in [6.07, 6.45) is 0.853. The molecule has 0 aromatic heterocycles. The van der Waals surface area contributed by atoms with Crippen molar-refractivity contribution in [3.63, 3.8) is 0 Å². The van der Waals surface area contributed by atoms with E-state index in [0.717, 1.165) is 23.3 Å². The van der Waals surface area contributed by atoms with Gasteiger partial charge < -0.3 is 9.84 Å². The van der Waals surface area contributed by atoms with Crippen LogP contribution in [-0.2, 0) is 13.0 Å². The van der Waals surface area contributed by atoms with Gasteiger partial charge in [0.1, 0.15) is 5.75 Å². The Labute approximate surface area is 75.7 Å². The van der Waals surface area contributed by atoms with E-state index in [1.807, 2.05) is 6.07 Å². The summed E-state index contributed by atoms with van der Waals surface area (Å²) in [7, 11) is 0. The van der Waals surface area contributed by atoms with E-state index in [4.69, 9.17) is 21.4 Å². The van der Waals surface area contributed by atoms with Crippen molar-refractivity contribution in [2.24, 2.45) is 0 Å². The average molecular weight is 185 g/mol. The summed E-state index contributed by atoms with van der Waals surface area (Å²) < 4.78 is 5.33. The van der Waals surface area contributed by atoms with E-state index in [1.165, 1.54) is 0 Å². The van der Waals surface area contributed by atoms with Gasteiger partial charge in [0.05, 0.1) is 13.2 Å². The van der Waals surface area contributed by atoms with Gasteiger partial charge in [-0.15, -0.1) is 0 Å². The maximum absolute atomic E-state index is 9.04. The molecule has 1 aromatic rings. The van der Waals surface area contributed by atoms with Crippen LogP contribution in [0.25, 0.3) is 0 Å². The lowest BCUT2D eigenvalue weighted by atomic mass is 10.1. The van der Waals surface area contributed by atoms with Gasteiger partial charge >= 0.3 is 0 Å². The minimum atomic E-state index is -0.00856. The standard InChI is InChI=1S/C9H9ClO2/c10-8-1-2-9-6(3-4-12-9)7(8)5-11/h1-2,11H,3-5H2. The molecule has 0 fully saturated rings. The lowest BCUT2D eigenvalue weighted by molar-refractivity contribution is 0.281. The summed E-state index contributed by atoms with van der Waals surface area (Å²) in [5.74, 6) is 0.864. The predicted octanol–water partition coefficient (Wildman–Crippen LogP) is 1.77. The number of aliphatic hydroxyl groups is 1. The van der Waals surface area contributed by atoms with Crippen LogP contribution >= 0.6 is 11.6 Å². The first-order valence-electron chi connectivity index (χ1n) is 3.87. The molecule has 2 rings (SSSR count). The van der Waals surface area contributed by atoms with Crippen LogP contribution in [0.5, 0.6) is 5.75 Å². The Bertz CT molecular complexity index is 310. The number of aliphatic hydroxyl groups excluding tert-OH is 1. The van der Waals surface area contributed by atoms with Gasteiger partial charge in [0.25, 0.3) is 0 Å². The zero-order valence-electron chi connectivity index (χ0n) is 6.51. The second-order valence-electron chi connectivity index (χ2n) is 2.76. The summed E-state index contributed by atoms with van der Waals surface area (Å²) in [6, 6.07) is 3.61. The number of halogens is 1. The van der Waals surface area contributed by atoms with E-state index in [9.17, 15) is 0 Å². The maximum atomic E-state index is 9.04. The van der Waals surface area contributed by atoms with Crippen LogP contribution in [0.1, 0.15) is 11.1 Å². The molecule has 0 amide bonds. The molecule has 0 bridgehead atoms. The third kappa shape index (κ3) is 1.08. The number of fused-ring (bicyclic) bond motifs is 1. The van der Waals surface area contributed by atoms with E-state index in [1.54, 1.807) is 6.07 Å². The van der Waals surface area contributed by atoms with Crippen LogP contribution in [0.4, 0.5) is 0 Å². The molecule has 0 saturated heterocycles. The lowest BCUT2D eigenvalue weighted by Gasteiger charge is -2.05. The molecule has 0 spiro atoms. The molecular formula is C9H9ClO2. The van der Waals surface area contributed by atoms with Crippen LogP contribution in [0.2, 0.25) is 5.02 Å². The van der Waals surface area contributed by atoms with E-state index >= 15 is 0 Å². The molecule has 1 aliphatic rings. The zero-order chi connectivity index (χ0) is 8.55. The summed E-state index contributed by atoms with van der Waals surface area (Å²) in [5, 5.41) is 9.67. The quantitative estimate of drug-likeness (QED) is 0.721. The van der Waals surface area contributed by atoms with Gasteiger partial charge in [-0.3, -0.25) is 0 Å². The van der Waals surface area contributed by atoms with Gasteiger partial charge in [0, 0.05) is 22.6 Å². The lowest BCUT2D eigenvalue weighted by Crippen LogP contribution is -1.91. The minimum Gasteiger partial charge on any atom is -0.493 e. The molecule has 2 nitrogen and oxygen atoms in total. The first kappa shape index (κ1) is 7.90. The summed E-state index contributed by atoms with van der Waals surface area (Å²) in [5.41, 5.74) is 1.87. The van der Waals surface area contributed by atoms with Crippen molar-refractivity contribution in [1.29, 1.82) is 0 Å². The number of hydrogen-bond acceptors (Lipinski definition) is 2. The molecular weight excluding hydrogens is 176 g/mol. The Hall–Kier alpha value is -0.730. The average Bonchev–Trinajstić information content (AvgIpc) is 2.52. The van der Waals surface area contributed by atoms with E-state index in [-0.39, 0.29) is 6.61 Å². The molecule has 0 saturated carbocycles. The highest BCUT2D eigenvalue weighted by Gasteiger charge is 2.17. The highest BCUT2D eigenvalue weighted by atomic mass is 35.5. The molecule has 12 heavy (non-hydrogen) atoms. The molecule has 0 atom stereocenters. The third-order valence-electron chi connectivity index (χ3n) is 2.10. The molecule has 0 radical (unpaired) electrons. The molecule has 3 heteroatoms. The van der Waals surface area contributed by atoms with Gasteiger partial charge in [-0.25, -0.2) is 0 Å². The number of hydrogen-bond donors (Lipinski definition) is 1. The van der Waals surface area contributed by atoms with E-state index in [2.05, 4.69) is 0 Å². The first-order valence-corrected chi connectivity index (χ1v) is 4.24. The SMILES string of the molecule is OCc1c(Cl)ccc2c1CCO2. The molecule has 0 unspecified atom stereocenters. The monoisotopic (exact) mass is 184 g/mol. The summed E-state index contributed by atoms with van der Waals surface area (Å²) in [4.78, 5) is 0. The second kappa shape index (κ2) is 2.96. The van der Waals surface area contributed by atoms with Gasteiger partial charge in [-0.05, 0) is 12.1 Å². The van der Waals surface area contributed by atoms with Crippen molar-refractivity contribution in [1.82, 2.24) is 0 Å². The van der Waals surface area contributed by atoms with Gasteiger partial charge in [0.15, 0.2) is 0 Å². The Morgan fingerprint density at radius 3 is 3.08 bits per heavy atom. The normalized spacial score (nSPS) is 14.2. The largest absolute Gasteiger partial charge is 0.493 e. The van der Waals surface area contributed by atoms with Crippen molar-refractivity contribution >= 4 is 11.6 Å². The van der Waals surface area contributed by atoms with Gasteiger partial charge in [-0.1, -0.05) is 11.6 Å². The molecule has 1 aromatic carbocycles. The zero-order valence-corrected chi connectivity index (χ0v) is 7.27. The smallest absolute Gasteiger partial charge is 0.123 e. The molecule has 1 aliphatic heterocycles. The van der Waals surface area contributed by atoms with Crippen molar-refractivity contribution in [2.45, 2.75) is 13.0 Å². The minimum absolute atomic E-state index is 0.00856. The Balaban J connectivity index is 2.57. The molecule has 1 N–H and O–H groups in total. The summed E-state index contributed by atoms with van der Waals surface area (Å²) >= 11 is 5.89. The summed E-state index contributed by atoms with van der Waals surface area (Å²) in [6.45, 7) is 0.689. The Morgan fingerprint density at radius 1 is 1.50 bits per heavy atom. The van der Waals surface area contributed by atoms with Gasteiger partial charge in [-0.2, -0.15) is 0 Å². The number of ether oxygens (including phenoxy) is 1. The van der Waals surface area contributed by atoms with Crippen molar-refractivity contribution < 1.29 is 9.84 Å². The van der Waals surface area contributed by atoms with Crippen molar-refractivity contribution in [3.8, 4) is 5.75 Å². The molecule has 64 valence electrons. The fourth-order valence-corrected chi connectivity index (χ4v) is 1.72. The van der Waals surface area contributed by atoms with Crippen molar-refractivity contribution in [2.75, 3.05) is 6.61 Å². The Morgan fingerprint density at radius 2 is 2.33 bits per heavy atom. The van der Waals surface area contributed by atoms with Crippen LogP contribution in [-0.4, -0.2) is 11.7 Å². The fraction of sp³-hybridized carbons (Fsp3) is 0.333. The fourth-order valence-electron chi connectivity index (χ4n) is 1.49. The first-order chi connectivity index (χ1) is 5.83. The van der Waals surface area contributed by atoms with Gasteiger partial charge in [0.2, 0.25) is 0 Å². The maximum Gasteiger partial charge on any atom is 0.123 e. The van der Waals surface area contributed by atoms with Crippen LogP contribution in [0.3, 0.4) is 0 Å². The second-order valence-corrected chi connectivity index (χ2v) is 3.17. The highest BCUT2D eigenvalue weighted by molar-refractivity contribution is 6.31. The third-order valence-corrected chi connectivity index (χ3v) is 2.45. The van der Waals surface area contributed by atoms with E-state index < -0.39 is 0 Å². The molecule has 0 aliphatic carbocycles. The number of rotatable bonds is 1. The van der Waals surface area contributed by atoms with Crippen molar-refractivity contribution in [3.05, 3.63) is 28.3 Å². The number of benzene rings is 1. The van der Waals surface area contributed by atoms with E-state index in [0.29, 0.717) is 11.6 Å². The molecule has 1 heterocycles. The van der Waals surface area contributed by atoms with Crippen LogP contribution in [0, 0.1) is 0 Å². The predicted molar refractivity (Wildman–Crippen MR) is 46.6 cm³/mol. The highest BCUT2D eigenvalue weighted by Crippen LogP contribution is 2.32. The topological polar surface area (TPSA) is 29.5 Å². The Kier molecular flexibility index (Phi) is 1.95.